The lowest BCUT2D eigenvalue weighted by Crippen LogP contribution is -2.20. The average molecular weight is 276 g/mol. The van der Waals surface area contributed by atoms with Crippen molar-refractivity contribution in [3.63, 3.8) is 0 Å². The standard InChI is InChI=1S/C18H32N2/c1-4-5-6-7-8-9-10-11-14-19-17(3)18-13-12-16(2)20-15-18/h12-13,15,17,19H,4-11,14H2,1-3H3/t17-/m0/s1. The van der Waals surface area contributed by atoms with E-state index in [1.165, 1.54) is 56.9 Å². The highest BCUT2D eigenvalue weighted by molar-refractivity contribution is 5.16. The van der Waals surface area contributed by atoms with Crippen LogP contribution in [0.2, 0.25) is 0 Å². The van der Waals surface area contributed by atoms with Gasteiger partial charge in [-0.3, -0.25) is 4.98 Å². The van der Waals surface area contributed by atoms with Gasteiger partial charge in [-0.25, -0.2) is 0 Å². The van der Waals surface area contributed by atoms with Crippen LogP contribution in [0.25, 0.3) is 0 Å². The quantitative estimate of drug-likeness (QED) is 0.563. The minimum Gasteiger partial charge on any atom is -0.310 e. The fourth-order valence-corrected chi connectivity index (χ4v) is 2.43. The summed E-state index contributed by atoms with van der Waals surface area (Å²) >= 11 is 0. The Kier molecular flexibility index (Phi) is 9.31. The largest absolute Gasteiger partial charge is 0.310 e. The molecule has 0 radical (unpaired) electrons. The van der Waals surface area contributed by atoms with Crippen LogP contribution in [0.3, 0.4) is 0 Å². The average Bonchev–Trinajstić information content (AvgIpc) is 2.46. The maximum absolute atomic E-state index is 4.35. The molecule has 2 heteroatoms. The van der Waals surface area contributed by atoms with E-state index in [2.05, 4.69) is 36.3 Å². The number of nitrogens with zero attached hydrogens (tertiary/aromatic N) is 1. The molecule has 1 atom stereocenters. The molecule has 0 unspecified atom stereocenters. The molecule has 20 heavy (non-hydrogen) atoms. The summed E-state index contributed by atoms with van der Waals surface area (Å²) in [6.45, 7) is 7.64. The number of hydrogen-bond donors (Lipinski definition) is 1. The normalized spacial score (nSPS) is 12.6. The highest BCUT2D eigenvalue weighted by Gasteiger charge is 2.03. The number of aryl methyl sites for hydroxylation is 1. The monoisotopic (exact) mass is 276 g/mol. The number of pyridine rings is 1. The Morgan fingerprint density at radius 3 is 2.25 bits per heavy atom. The van der Waals surface area contributed by atoms with Gasteiger partial charge >= 0.3 is 0 Å². The van der Waals surface area contributed by atoms with Crippen LogP contribution < -0.4 is 5.32 Å². The van der Waals surface area contributed by atoms with E-state index in [9.17, 15) is 0 Å². The predicted molar refractivity (Wildman–Crippen MR) is 88.0 cm³/mol. The van der Waals surface area contributed by atoms with Crippen LogP contribution in [-0.2, 0) is 0 Å². The number of hydrogen-bond acceptors (Lipinski definition) is 2. The third-order valence-electron chi connectivity index (χ3n) is 3.92. The molecular formula is C18H32N2. The topological polar surface area (TPSA) is 24.9 Å². The van der Waals surface area contributed by atoms with Crippen LogP contribution in [0.5, 0.6) is 0 Å². The maximum Gasteiger partial charge on any atom is 0.0372 e. The van der Waals surface area contributed by atoms with E-state index >= 15 is 0 Å². The van der Waals surface area contributed by atoms with Gasteiger partial charge in [-0.15, -0.1) is 0 Å². The Morgan fingerprint density at radius 1 is 1.00 bits per heavy atom. The highest BCUT2D eigenvalue weighted by Crippen LogP contribution is 2.12. The molecule has 1 aromatic rings. The first-order chi connectivity index (χ1) is 9.74. The predicted octanol–water partition coefficient (Wildman–Crippen LogP) is 5.18. The van der Waals surface area contributed by atoms with Crippen molar-refractivity contribution in [2.45, 2.75) is 78.2 Å². The number of unbranched alkanes of at least 4 members (excludes halogenated alkanes) is 7. The molecule has 0 aromatic carbocycles. The number of rotatable bonds is 11. The van der Waals surface area contributed by atoms with Crippen molar-refractivity contribution in [2.24, 2.45) is 0 Å². The molecule has 0 amide bonds. The number of nitrogens with one attached hydrogen (secondary N) is 1. The van der Waals surface area contributed by atoms with Crippen molar-refractivity contribution in [3.8, 4) is 0 Å². The molecule has 0 bridgehead atoms. The lowest BCUT2D eigenvalue weighted by atomic mass is 10.1. The summed E-state index contributed by atoms with van der Waals surface area (Å²) in [6.07, 6.45) is 13.0. The first-order valence-electron chi connectivity index (χ1n) is 8.40. The minimum atomic E-state index is 0.410. The molecule has 0 saturated heterocycles. The molecule has 1 rings (SSSR count). The Hall–Kier alpha value is -0.890. The van der Waals surface area contributed by atoms with E-state index in [0.29, 0.717) is 6.04 Å². The summed E-state index contributed by atoms with van der Waals surface area (Å²) in [4.78, 5) is 4.35. The Bertz CT molecular complexity index is 332. The third-order valence-corrected chi connectivity index (χ3v) is 3.92. The number of aromatic nitrogens is 1. The Morgan fingerprint density at radius 2 is 1.65 bits per heavy atom. The second kappa shape index (κ2) is 10.8. The van der Waals surface area contributed by atoms with Gasteiger partial charge in [0.2, 0.25) is 0 Å². The van der Waals surface area contributed by atoms with E-state index in [1.54, 1.807) is 0 Å². The fourth-order valence-electron chi connectivity index (χ4n) is 2.43. The summed E-state index contributed by atoms with van der Waals surface area (Å²) in [6, 6.07) is 4.67. The van der Waals surface area contributed by atoms with Crippen LogP contribution in [0.1, 0.15) is 82.5 Å². The van der Waals surface area contributed by atoms with E-state index in [0.717, 1.165) is 12.2 Å². The lowest BCUT2D eigenvalue weighted by molar-refractivity contribution is 0.521. The van der Waals surface area contributed by atoms with Crippen LogP contribution >= 0.6 is 0 Å². The van der Waals surface area contributed by atoms with Crippen LogP contribution in [0.15, 0.2) is 18.3 Å². The van der Waals surface area contributed by atoms with Gasteiger partial charge in [-0.05, 0) is 38.4 Å². The summed E-state index contributed by atoms with van der Waals surface area (Å²) < 4.78 is 0. The van der Waals surface area contributed by atoms with Crippen molar-refractivity contribution in [1.82, 2.24) is 10.3 Å². The second-order valence-electron chi connectivity index (χ2n) is 5.88. The van der Waals surface area contributed by atoms with Crippen molar-refractivity contribution < 1.29 is 0 Å². The molecule has 1 heterocycles. The van der Waals surface area contributed by atoms with Gasteiger partial charge in [0.05, 0.1) is 0 Å². The zero-order chi connectivity index (χ0) is 14.6. The van der Waals surface area contributed by atoms with Crippen molar-refractivity contribution in [1.29, 1.82) is 0 Å². The van der Waals surface area contributed by atoms with Gasteiger partial charge < -0.3 is 5.32 Å². The van der Waals surface area contributed by atoms with E-state index in [4.69, 9.17) is 0 Å². The molecule has 0 aliphatic heterocycles. The summed E-state index contributed by atoms with van der Waals surface area (Å²) in [7, 11) is 0. The van der Waals surface area contributed by atoms with E-state index in [1.807, 2.05) is 13.1 Å². The zero-order valence-corrected chi connectivity index (χ0v) is 13.6. The van der Waals surface area contributed by atoms with Crippen LogP contribution in [0, 0.1) is 6.92 Å². The summed E-state index contributed by atoms with van der Waals surface area (Å²) in [5.74, 6) is 0. The van der Waals surface area contributed by atoms with Gasteiger partial charge in [0.25, 0.3) is 0 Å². The molecule has 0 spiro atoms. The zero-order valence-electron chi connectivity index (χ0n) is 13.6. The van der Waals surface area contributed by atoms with Crippen molar-refractivity contribution >= 4 is 0 Å². The van der Waals surface area contributed by atoms with Gasteiger partial charge in [-0.2, -0.15) is 0 Å². The molecule has 0 aliphatic rings. The molecule has 2 nitrogen and oxygen atoms in total. The van der Waals surface area contributed by atoms with Gasteiger partial charge in [0.15, 0.2) is 0 Å². The molecule has 114 valence electrons. The first kappa shape index (κ1) is 17.2. The van der Waals surface area contributed by atoms with Gasteiger partial charge in [0, 0.05) is 17.9 Å². The smallest absolute Gasteiger partial charge is 0.0372 e. The molecule has 1 aromatic heterocycles. The van der Waals surface area contributed by atoms with Crippen molar-refractivity contribution in [3.05, 3.63) is 29.6 Å². The molecule has 0 aliphatic carbocycles. The van der Waals surface area contributed by atoms with E-state index < -0.39 is 0 Å². The lowest BCUT2D eigenvalue weighted by Gasteiger charge is -2.14. The van der Waals surface area contributed by atoms with Crippen molar-refractivity contribution in [2.75, 3.05) is 6.54 Å². The molecule has 0 saturated carbocycles. The SMILES string of the molecule is CCCCCCCCCCN[C@@H](C)c1ccc(C)nc1. The molecule has 1 N–H and O–H groups in total. The van der Waals surface area contributed by atoms with E-state index in [-0.39, 0.29) is 0 Å². The summed E-state index contributed by atoms with van der Waals surface area (Å²) in [5.41, 5.74) is 2.37. The van der Waals surface area contributed by atoms with Gasteiger partial charge in [0.1, 0.15) is 0 Å². The third kappa shape index (κ3) is 7.64. The Balaban J connectivity index is 1.99. The van der Waals surface area contributed by atoms with Crippen LogP contribution in [-0.4, -0.2) is 11.5 Å². The Labute approximate surface area is 125 Å². The molecular weight excluding hydrogens is 244 g/mol. The first-order valence-corrected chi connectivity index (χ1v) is 8.40. The highest BCUT2D eigenvalue weighted by atomic mass is 14.9. The molecule has 0 fully saturated rings. The van der Waals surface area contributed by atoms with Crippen LogP contribution in [0.4, 0.5) is 0 Å². The van der Waals surface area contributed by atoms with Gasteiger partial charge in [-0.1, -0.05) is 57.9 Å². The maximum atomic E-state index is 4.35. The second-order valence-corrected chi connectivity index (χ2v) is 5.88. The minimum absolute atomic E-state index is 0.410. The fraction of sp³-hybridized carbons (Fsp3) is 0.722. The summed E-state index contributed by atoms with van der Waals surface area (Å²) in [5, 5.41) is 3.59.